The summed E-state index contributed by atoms with van der Waals surface area (Å²) in [4.78, 5) is 22.7. The molecule has 54 heavy (non-hydrogen) atoms. The summed E-state index contributed by atoms with van der Waals surface area (Å²) in [7, 11) is 1.76. The second-order valence-electron chi connectivity index (χ2n) is 15.6. The van der Waals surface area contributed by atoms with E-state index in [2.05, 4.69) is 102 Å². The van der Waals surface area contributed by atoms with Gasteiger partial charge in [-0.2, -0.15) is 0 Å². The zero-order chi connectivity index (χ0) is 38.6. The normalized spacial score (nSPS) is 20.4. The molecule has 0 saturated carbocycles. The molecule has 3 aromatic heterocycles. The highest BCUT2D eigenvalue weighted by Crippen LogP contribution is 2.46. The first kappa shape index (κ1) is 37.9. The number of aliphatic hydroxyl groups excluding tert-OH is 1. The monoisotopic (exact) mass is 728 g/mol. The Morgan fingerprint density at radius 3 is 1.74 bits per heavy atom. The van der Waals surface area contributed by atoms with Crippen LogP contribution in [0.15, 0.2) is 49.2 Å². The fourth-order valence-corrected chi connectivity index (χ4v) is 9.71. The number of aromatic amines is 3. The summed E-state index contributed by atoms with van der Waals surface area (Å²) in [6.45, 7) is 23.3. The molecule has 2 atom stereocenters. The number of aliphatic hydroxyl groups is 1. The van der Waals surface area contributed by atoms with E-state index < -0.39 is 0 Å². The number of fused-ring (bicyclic) bond motifs is 14. The Morgan fingerprint density at radius 1 is 0.685 bits per heavy atom. The lowest BCUT2D eigenvalue weighted by molar-refractivity contribution is 0.203. The van der Waals surface area contributed by atoms with Crippen molar-refractivity contribution in [3.63, 3.8) is 0 Å². The molecule has 0 spiro atoms. The zero-order valence-corrected chi connectivity index (χ0v) is 34.4. The van der Waals surface area contributed by atoms with Crippen molar-refractivity contribution in [2.75, 3.05) is 20.3 Å². The molecule has 12 bridgehead atoms. The predicted octanol–water partition coefficient (Wildman–Crippen LogP) is 10.1. The van der Waals surface area contributed by atoms with E-state index in [1.54, 1.807) is 7.11 Å². The standard InChI is InChI=1S/C46H60N6O2/c1-12-29-25(7)39-41-27(9)31(14-3)43(51-41)44-32(15-4)28(10)42(52-44)40-26(8)30(13-2)38(50-40)22-36-24(6)34(18-20-54-11)46(48-36)45-33(17-16-19-53)23(5)35(47-45)21-37(29)49-39/h21-22,32,44,49-53H,12-20H2,1-11H3/b35-21?,36-22-. The fourth-order valence-electron chi connectivity index (χ4n) is 9.71. The zero-order valence-electron chi connectivity index (χ0n) is 34.4. The molecule has 3 aromatic rings. The number of aromatic nitrogens is 3. The summed E-state index contributed by atoms with van der Waals surface area (Å²) in [6.07, 6.45) is 10.4. The molecule has 7 rings (SSSR count). The highest BCUT2D eigenvalue weighted by molar-refractivity contribution is 6.55. The molecule has 4 aliphatic rings. The van der Waals surface area contributed by atoms with Crippen LogP contribution in [0.3, 0.4) is 0 Å². The minimum Gasteiger partial charge on any atom is -0.396 e. The molecule has 0 saturated heterocycles. The Morgan fingerprint density at radius 2 is 1.20 bits per heavy atom. The number of methoxy groups -OCH3 is 1. The summed E-state index contributed by atoms with van der Waals surface area (Å²) in [5, 5.41) is 14.1. The predicted molar refractivity (Wildman–Crippen MR) is 225 cm³/mol. The maximum atomic E-state index is 9.97. The van der Waals surface area contributed by atoms with Gasteiger partial charge in [-0.3, -0.25) is 0 Å². The van der Waals surface area contributed by atoms with Crippen LogP contribution in [0.5, 0.6) is 0 Å². The second kappa shape index (κ2) is 15.0. The van der Waals surface area contributed by atoms with Crippen LogP contribution < -0.4 is 5.32 Å². The third-order valence-electron chi connectivity index (χ3n) is 12.8. The number of hydrogen-bond acceptors (Lipinski definition) is 5. The molecule has 4 aliphatic heterocycles. The van der Waals surface area contributed by atoms with Crippen molar-refractivity contribution in [2.45, 2.75) is 120 Å². The number of nitrogens with one attached hydrogen (secondary N) is 4. The highest BCUT2D eigenvalue weighted by atomic mass is 16.5. The van der Waals surface area contributed by atoms with Crippen LogP contribution in [0.1, 0.15) is 136 Å². The summed E-state index contributed by atoms with van der Waals surface area (Å²) >= 11 is 0. The molecule has 5 N–H and O–H groups in total. The van der Waals surface area contributed by atoms with Crippen LogP contribution in [-0.4, -0.2) is 51.8 Å². The van der Waals surface area contributed by atoms with Gasteiger partial charge in [0.05, 0.1) is 58.2 Å². The van der Waals surface area contributed by atoms with Crippen LogP contribution in [0.25, 0.3) is 29.2 Å². The van der Waals surface area contributed by atoms with Crippen LogP contribution in [0.2, 0.25) is 0 Å². The Balaban J connectivity index is 1.54. The highest BCUT2D eigenvalue weighted by Gasteiger charge is 2.38. The van der Waals surface area contributed by atoms with Crippen molar-refractivity contribution in [3.05, 3.63) is 95.4 Å². The van der Waals surface area contributed by atoms with E-state index in [9.17, 15) is 5.11 Å². The number of aliphatic imine (C=N–C) groups is 2. The van der Waals surface area contributed by atoms with Gasteiger partial charge in [0, 0.05) is 36.7 Å². The fraction of sp³-hybridized carbons (Fsp3) is 0.478. The summed E-state index contributed by atoms with van der Waals surface area (Å²) in [5.41, 5.74) is 25.9. The first-order valence-corrected chi connectivity index (χ1v) is 20.3. The Kier molecular flexibility index (Phi) is 10.5. The summed E-state index contributed by atoms with van der Waals surface area (Å²) < 4.78 is 5.64. The minimum atomic E-state index is 0.126. The Bertz CT molecular complexity index is 2240. The molecule has 8 nitrogen and oxygen atoms in total. The van der Waals surface area contributed by atoms with E-state index in [-0.39, 0.29) is 12.6 Å². The van der Waals surface area contributed by atoms with Gasteiger partial charge in [0.2, 0.25) is 0 Å². The van der Waals surface area contributed by atoms with Crippen LogP contribution in [-0.2, 0) is 24.0 Å². The first-order valence-electron chi connectivity index (χ1n) is 20.3. The third kappa shape index (κ3) is 5.97. The summed E-state index contributed by atoms with van der Waals surface area (Å²) in [5.74, 6) is 0.357. The van der Waals surface area contributed by atoms with Gasteiger partial charge in [-0.05, 0) is 160 Å². The molecule has 0 fully saturated rings. The maximum absolute atomic E-state index is 9.97. The number of hydrogen-bond donors (Lipinski definition) is 5. The van der Waals surface area contributed by atoms with E-state index in [1.165, 1.54) is 67.3 Å². The lowest BCUT2D eigenvalue weighted by Crippen LogP contribution is -2.21. The van der Waals surface area contributed by atoms with Gasteiger partial charge in [-0.1, -0.05) is 27.7 Å². The average Bonchev–Trinajstić information content (AvgIpc) is 3.97. The minimum absolute atomic E-state index is 0.126. The average molecular weight is 729 g/mol. The number of rotatable bonds is 10. The SMILES string of the molecule is CCc1c2[nH]c(c1C)-c1[nH]c(c(CC)c1C)C1NC(=C(C)C1CC)c1[nH]c(c(CC)c1C)/C=C1\N=C(C3=NC(=C2)C(C)=C3CCCO)C(CCOC)=C1C. The topological polar surface area (TPSA) is 114 Å². The quantitative estimate of drug-likeness (QED) is 0.143. The lowest BCUT2D eigenvalue weighted by Gasteiger charge is -2.21. The molecule has 286 valence electrons. The Hall–Kier alpha value is -4.40. The number of allylic oxidation sites excluding steroid dienone is 3. The lowest BCUT2D eigenvalue weighted by atomic mass is 9.88. The van der Waals surface area contributed by atoms with E-state index in [1.807, 2.05) is 0 Å². The van der Waals surface area contributed by atoms with Gasteiger partial charge >= 0.3 is 0 Å². The van der Waals surface area contributed by atoms with Crippen molar-refractivity contribution >= 4 is 29.3 Å². The van der Waals surface area contributed by atoms with E-state index in [0.29, 0.717) is 18.9 Å². The second-order valence-corrected chi connectivity index (χ2v) is 15.6. The van der Waals surface area contributed by atoms with Crippen LogP contribution in [0, 0.1) is 26.7 Å². The molecule has 0 radical (unpaired) electrons. The first-order chi connectivity index (χ1) is 26.0. The Labute approximate surface area is 321 Å². The molecule has 7 heterocycles. The molecule has 8 heteroatoms. The van der Waals surface area contributed by atoms with E-state index in [0.717, 1.165) is 95.1 Å². The van der Waals surface area contributed by atoms with Crippen molar-refractivity contribution in [2.24, 2.45) is 15.9 Å². The van der Waals surface area contributed by atoms with Crippen molar-refractivity contribution in [1.29, 1.82) is 0 Å². The van der Waals surface area contributed by atoms with Crippen molar-refractivity contribution < 1.29 is 9.84 Å². The van der Waals surface area contributed by atoms with Gasteiger partial charge in [0.25, 0.3) is 0 Å². The van der Waals surface area contributed by atoms with Gasteiger partial charge in [0.15, 0.2) is 0 Å². The molecule has 0 amide bonds. The van der Waals surface area contributed by atoms with E-state index in [4.69, 9.17) is 14.7 Å². The molecule has 0 aromatic carbocycles. The van der Waals surface area contributed by atoms with Gasteiger partial charge in [0.1, 0.15) is 0 Å². The summed E-state index contributed by atoms with van der Waals surface area (Å²) in [6, 6.07) is 0.141. The molecular formula is C46H60N6O2. The number of H-pyrrole nitrogens is 3. The van der Waals surface area contributed by atoms with Gasteiger partial charge in [-0.25, -0.2) is 9.98 Å². The van der Waals surface area contributed by atoms with Crippen LogP contribution >= 0.6 is 0 Å². The van der Waals surface area contributed by atoms with E-state index >= 15 is 0 Å². The van der Waals surface area contributed by atoms with Crippen molar-refractivity contribution in [1.82, 2.24) is 20.3 Å². The molecule has 2 unspecified atom stereocenters. The smallest absolute Gasteiger partial charge is 0.0932 e. The van der Waals surface area contributed by atoms with Gasteiger partial charge in [-0.15, -0.1) is 0 Å². The molecule has 0 aliphatic carbocycles. The number of nitrogens with zero attached hydrogens (tertiary/aromatic N) is 2. The maximum Gasteiger partial charge on any atom is 0.0932 e. The van der Waals surface area contributed by atoms with Gasteiger partial charge < -0.3 is 30.1 Å². The third-order valence-corrected chi connectivity index (χ3v) is 12.8. The van der Waals surface area contributed by atoms with Crippen molar-refractivity contribution in [3.8, 4) is 11.4 Å². The molecular weight excluding hydrogens is 669 g/mol. The number of ether oxygens (including phenoxy) is 1. The largest absolute Gasteiger partial charge is 0.396 e. The van der Waals surface area contributed by atoms with Crippen LogP contribution in [0.4, 0.5) is 0 Å².